The Balaban J connectivity index is 1.75. The van der Waals surface area contributed by atoms with Crippen LogP contribution in [0.3, 0.4) is 0 Å². The van der Waals surface area contributed by atoms with Gasteiger partial charge in [0.1, 0.15) is 23.6 Å². The molecule has 4 rings (SSSR count). The summed E-state index contributed by atoms with van der Waals surface area (Å²) in [6.07, 6.45) is 1.68. The molecule has 0 radical (unpaired) electrons. The van der Waals surface area contributed by atoms with Gasteiger partial charge in [-0.25, -0.2) is 9.97 Å². The number of aromatic nitrogens is 3. The minimum atomic E-state index is -0.536. The highest BCUT2D eigenvalue weighted by Gasteiger charge is 2.20. The van der Waals surface area contributed by atoms with Gasteiger partial charge in [-0.05, 0) is 38.4 Å². The van der Waals surface area contributed by atoms with Crippen LogP contribution in [0.2, 0.25) is 5.02 Å². The molecular formula is C21H20ClN5O2S. The molecule has 2 N–H and O–H groups in total. The van der Waals surface area contributed by atoms with Crippen molar-refractivity contribution in [2.45, 2.75) is 0 Å². The van der Waals surface area contributed by atoms with E-state index in [1.807, 2.05) is 49.0 Å². The van der Waals surface area contributed by atoms with Crippen LogP contribution in [0, 0.1) is 0 Å². The van der Waals surface area contributed by atoms with Gasteiger partial charge < -0.3 is 15.4 Å². The molecule has 2 aromatic heterocycles. The summed E-state index contributed by atoms with van der Waals surface area (Å²) < 4.78 is 7.68. The number of imidazole rings is 1. The maximum Gasteiger partial charge on any atom is 0.261 e. The summed E-state index contributed by atoms with van der Waals surface area (Å²) in [6, 6.07) is 12.9. The van der Waals surface area contributed by atoms with Gasteiger partial charge in [0.25, 0.3) is 5.91 Å². The Kier molecular flexibility index (Phi) is 5.72. The molecule has 154 valence electrons. The minimum Gasteiger partial charge on any atom is -0.492 e. The maximum absolute atomic E-state index is 12.1. The zero-order valence-electron chi connectivity index (χ0n) is 16.5. The molecular weight excluding hydrogens is 422 g/mol. The lowest BCUT2D eigenvalue weighted by Gasteiger charge is -2.11. The summed E-state index contributed by atoms with van der Waals surface area (Å²) >= 11 is 7.33. The number of carbonyl (C=O) groups excluding carboxylic acids is 1. The van der Waals surface area contributed by atoms with Gasteiger partial charge in [-0.1, -0.05) is 35.1 Å². The molecule has 0 atom stereocenters. The van der Waals surface area contributed by atoms with E-state index in [0.29, 0.717) is 27.3 Å². The second kappa shape index (κ2) is 8.43. The summed E-state index contributed by atoms with van der Waals surface area (Å²) in [4.78, 5) is 23.6. The van der Waals surface area contributed by atoms with Crippen molar-refractivity contribution in [3.05, 3.63) is 58.7 Å². The number of carbonyl (C=O) groups is 1. The smallest absolute Gasteiger partial charge is 0.261 e. The van der Waals surface area contributed by atoms with E-state index < -0.39 is 5.91 Å². The van der Waals surface area contributed by atoms with Crippen LogP contribution in [-0.2, 0) is 0 Å². The van der Waals surface area contributed by atoms with E-state index in [9.17, 15) is 4.79 Å². The molecule has 0 aliphatic rings. The van der Waals surface area contributed by atoms with E-state index in [2.05, 4.69) is 14.9 Å². The van der Waals surface area contributed by atoms with Crippen molar-refractivity contribution in [2.24, 2.45) is 5.73 Å². The van der Waals surface area contributed by atoms with Gasteiger partial charge in [0.15, 0.2) is 5.13 Å². The minimum absolute atomic E-state index is 0.368. The van der Waals surface area contributed by atoms with Gasteiger partial charge >= 0.3 is 0 Å². The first kappa shape index (κ1) is 20.3. The Morgan fingerprint density at radius 2 is 2.10 bits per heavy atom. The molecule has 0 bridgehead atoms. The Hall–Kier alpha value is -2.94. The Labute approximate surface area is 182 Å². The van der Waals surface area contributed by atoms with Crippen LogP contribution in [0.4, 0.5) is 0 Å². The third-order valence-electron chi connectivity index (χ3n) is 4.47. The van der Waals surface area contributed by atoms with Crippen LogP contribution in [0.15, 0.2) is 48.8 Å². The second-order valence-electron chi connectivity index (χ2n) is 6.97. The van der Waals surface area contributed by atoms with Crippen LogP contribution in [0.1, 0.15) is 9.67 Å². The monoisotopic (exact) mass is 441 g/mol. The molecule has 0 saturated carbocycles. The fourth-order valence-electron chi connectivity index (χ4n) is 2.99. The van der Waals surface area contributed by atoms with Crippen molar-refractivity contribution in [3.8, 4) is 22.1 Å². The van der Waals surface area contributed by atoms with Crippen molar-refractivity contribution in [3.63, 3.8) is 0 Å². The van der Waals surface area contributed by atoms with Gasteiger partial charge in [0, 0.05) is 23.2 Å². The fraction of sp³-hybridized carbons (Fsp3) is 0.190. The molecule has 0 unspecified atom stereocenters. The summed E-state index contributed by atoms with van der Waals surface area (Å²) in [5.74, 6) is 0.207. The molecule has 7 nitrogen and oxygen atoms in total. The molecule has 0 aliphatic heterocycles. The highest BCUT2D eigenvalue weighted by atomic mass is 35.5. The van der Waals surface area contributed by atoms with Crippen molar-refractivity contribution in [1.29, 1.82) is 0 Å². The van der Waals surface area contributed by atoms with Crippen molar-refractivity contribution in [1.82, 2.24) is 19.4 Å². The summed E-state index contributed by atoms with van der Waals surface area (Å²) in [5.41, 5.74) is 8.49. The van der Waals surface area contributed by atoms with Crippen LogP contribution in [0.25, 0.3) is 27.4 Å². The normalized spacial score (nSPS) is 11.3. The van der Waals surface area contributed by atoms with Gasteiger partial charge in [-0.2, -0.15) is 0 Å². The molecule has 4 aromatic rings. The van der Waals surface area contributed by atoms with E-state index in [0.717, 1.165) is 28.9 Å². The number of nitrogens with two attached hydrogens (primary N) is 1. The molecule has 1 amide bonds. The number of hydrogen-bond acceptors (Lipinski definition) is 6. The molecule has 2 heterocycles. The largest absolute Gasteiger partial charge is 0.492 e. The number of benzene rings is 2. The summed E-state index contributed by atoms with van der Waals surface area (Å²) in [5, 5.41) is 1.15. The van der Waals surface area contributed by atoms with Gasteiger partial charge in [-0.15, -0.1) is 0 Å². The van der Waals surface area contributed by atoms with Gasteiger partial charge in [0.2, 0.25) is 0 Å². The second-order valence-corrected chi connectivity index (χ2v) is 8.38. The van der Waals surface area contributed by atoms with E-state index in [1.165, 1.54) is 11.3 Å². The number of halogens is 1. The average molecular weight is 442 g/mol. The SMILES string of the molecule is CN(C)CCOc1ccc2ncn(-c3nc(-c4cccc(Cl)c4)c(C(N)=O)s3)c2c1. The quantitative estimate of drug-likeness (QED) is 0.471. The number of hydrogen-bond donors (Lipinski definition) is 1. The molecule has 0 aliphatic carbocycles. The van der Waals surface area contributed by atoms with Crippen molar-refractivity contribution >= 4 is 39.9 Å². The Bertz CT molecular complexity index is 1220. The number of rotatable bonds is 7. The third-order valence-corrected chi connectivity index (χ3v) is 5.77. The van der Waals surface area contributed by atoms with Crippen LogP contribution in [-0.4, -0.2) is 52.6 Å². The molecule has 30 heavy (non-hydrogen) atoms. The first-order valence-corrected chi connectivity index (χ1v) is 10.4. The van der Waals surface area contributed by atoms with Crippen LogP contribution in [0.5, 0.6) is 5.75 Å². The van der Waals surface area contributed by atoms with Gasteiger partial charge in [0.05, 0.1) is 16.7 Å². The molecule has 0 saturated heterocycles. The average Bonchev–Trinajstić information content (AvgIpc) is 3.31. The zero-order chi connectivity index (χ0) is 21.3. The number of fused-ring (bicyclic) bond motifs is 1. The third kappa shape index (κ3) is 4.16. The van der Waals surface area contributed by atoms with E-state index >= 15 is 0 Å². The number of nitrogens with zero attached hydrogens (tertiary/aromatic N) is 4. The highest BCUT2D eigenvalue weighted by Crippen LogP contribution is 2.33. The van der Waals surface area contributed by atoms with E-state index in [-0.39, 0.29) is 0 Å². The van der Waals surface area contributed by atoms with Crippen LogP contribution >= 0.6 is 22.9 Å². The maximum atomic E-state index is 12.1. The topological polar surface area (TPSA) is 86.3 Å². The van der Waals surface area contributed by atoms with E-state index in [4.69, 9.17) is 22.1 Å². The number of likely N-dealkylation sites (N-methyl/N-ethyl adjacent to an activating group) is 1. The van der Waals surface area contributed by atoms with Crippen molar-refractivity contribution < 1.29 is 9.53 Å². The molecule has 9 heteroatoms. The Morgan fingerprint density at radius 3 is 2.83 bits per heavy atom. The first-order chi connectivity index (χ1) is 14.4. The predicted octanol–water partition coefficient (Wildman–Crippen LogP) is 3.84. The predicted molar refractivity (Wildman–Crippen MR) is 120 cm³/mol. The Morgan fingerprint density at radius 1 is 1.27 bits per heavy atom. The number of amides is 1. The lowest BCUT2D eigenvalue weighted by atomic mass is 10.1. The fourth-order valence-corrected chi connectivity index (χ4v) is 4.10. The van der Waals surface area contributed by atoms with Crippen LogP contribution < -0.4 is 10.5 Å². The highest BCUT2D eigenvalue weighted by molar-refractivity contribution is 7.16. The first-order valence-electron chi connectivity index (χ1n) is 9.24. The standard InChI is InChI=1S/C21H20ClN5O2S/c1-26(2)8-9-29-15-6-7-16-17(11-15)27(12-24-16)21-25-18(19(30-21)20(23)28)13-4-3-5-14(22)10-13/h3-7,10-12H,8-9H2,1-2H3,(H2,23,28). The van der Waals surface area contributed by atoms with Crippen molar-refractivity contribution in [2.75, 3.05) is 27.2 Å². The summed E-state index contributed by atoms with van der Waals surface area (Å²) in [7, 11) is 4.00. The zero-order valence-corrected chi connectivity index (χ0v) is 18.1. The number of ether oxygens (including phenoxy) is 1. The number of thiazole rings is 1. The lowest BCUT2D eigenvalue weighted by molar-refractivity contribution is 0.100. The molecule has 2 aromatic carbocycles. The summed E-state index contributed by atoms with van der Waals surface area (Å²) in [6.45, 7) is 1.39. The lowest BCUT2D eigenvalue weighted by Crippen LogP contribution is -2.19. The van der Waals surface area contributed by atoms with Gasteiger partial charge in [-0.3, -0.25) is 9.36 Å². The molecule has 0 fully saturated rings. The van der Waals surface area contributed by atoms with E-state index in [1.54, 1.807) is 18.5 Å². The molecule has 0 spiro atoms. The number of primary amides is 1.